The van der Waals surface area contributed by atoms with Crippen molar-refractivity contribution in [2.75, 3.05) is 0 Å². The summed E-state index contributed by atoms with van der Waals surface area (Å²) in [5.41, 5.74) is 0. The van der Waals surface area contributed by atoms with Crippen LogP contribution in [-0.2, 0) is 0 Å². The Kier molecular flexibility index (Phi) is 6.32. The van der Waals surface area contributed by atoms with Gasteiger partial charge in [-0.25, -0.2) is 0 Å². The zero-order valence-electron chi connectivity index (χ0n) is 12.3. The Labute approximate surface area is 109 Å². The lowest BCUT2D eigenvalue weighted by Crippen LogP contribution is -2.36. The molecule has 0 saturated heterocycles. The van der Waals surface area contributed by atoms with E-state index in [9.17, 15) is 0 Å². The van der Waals surface area contributed by atoms with Crippen LogP contribution in [0.4, 0.5) is 0 Å². The number of allylic oxidation sites excluding steroid dienone is 1. The minimum atomic E-state index is -1.11. The predicted molar refractivity (Wildman–Crippen MR) is 81.0 cm³/mol. The SMILES string of the molecule is CC[Si](CC)(CC)/C(C)=C\NC1CCCCC1. The number of hydrogen-bond donors (Lipinski definition) is 1. The molecule has 0 amide bonds. The molecule has 0 bridgehead atoms. The zero-order valence-corrected chi connectivity index (χ0v) is 13.3. The van der Waals surface area contributed by atoms with E-state index >= 15 is 0 Å². The van der Waals surface area contributed by atoms with Crippen LogP contribution in [0.5, 0.6) is 0 Å². The third-order valence-electron chi connectivity index (χ3n) is 5.01. The minimum absolute atomic E-state index is 0.760. The van der Waals surface area contributed by atoms with Gasteiger partial charge < -0.3 is 5.32 Å². The first kappa shape index (κ1) is 14.8. The monoisotopic (exact) mass is 253 g/mol. The van der Waals surface area contributed by atoms with E-state index in [-0.39, 0.29) is 0 Å². The van der Waals surface area contributed by atoms with Gasteiger partial charge in [0.15, 0.2) is 0 Å². The van der Waals surface area contributed by atoms with E-state index in [1.165, 1.54) is 50.2 Å². The maximum absolute atomic E-state index is 3.70. The molecule has 1 nitrogen and oxygen atoms in total. The van der Waals surface area contributed by atoms with E-state index < -0.39 is 8.07 Å². The largest absolute Gasteiger partial charge is 0.389 e. The molecule has 0 aliphatic heterocycles. The van der Waals surface area contributed by atoms with Crippen molar-refractivity contribution in [1.82, 2.24) is 5.32 Å². The third-order valence-corrected chi connectivity index (χ3v) is 10.9. The van der Waals surface area contributed by atoms with Crippen LogP contribution in [0.3, 0.4) is 0 Å². The fourth-order valence-corrected chi connectivity index (χ4v) is 6.81. The average Bonchev–Trinajstić information content (AvgIpc) is 2.40. The number of nitrogens with one attached hydrogen (secondary N) is 1. The summed E-state index contributed by atoms with van der Waals surface area (Å²) in [4.78, 5) is 0. The molecule has 0 atom stereocenters. The first-order chi connectivity index (χ1) is 8.18. The van der Waals surface area contributed by atoms with Crippen molar-refractivity contribution in [2.45, 2.75) is 84.0 Å². The Morgan fingerprint density at radius 1 is 1.06 bits per heavy atom. The van der Waals surface area contributed by atoms with Crippen molar-refractivity contribution in [3.63, 3.8) is 0 Å². The third kappa shape index (κ3) is 3.87. The molecule has 1 N–H and O–H groups in total. The maximum atomic E-state index is 3.70. The molecule has 0 radical (unpaired) electrons. The maximum Gasteiger partial charge on any atom is 0.0822 e. The minimum Gasteiger partial charge on any atom is -0.389 e. The Balaban J connectivity index is 2.56. The van der Waals surface area contributed by atoms with Crippen LogP contribution in [0, 0.1) is 0 Å². The second-order valence-corrected chi connectivity index (χ2v) is 11.1. The van der Waals surface area contributed by atoms with Gasteiger partial charge in [0.05, 0.1) is 8.07 Å². The topological polar surface area (TPSA) is 12.0 Å². The van der Waals surface area contributed by atoms with Crippen molar-refractivity contribution >= 4 is 8.07 Å². The predicted octanol–water partition coefficient (Wildman–Crippen LogP) is 4.86. The molecule has 1 aliphatic rings. The van der Waals surface area contributed by atoms with E-state index in [4.69, 9.17) is 0 Å². The lowest BCUT2D eigenvalue weighted by atomic mass is 9.96. The van der Waals surface area contributed by atoms with Crippen molar-refractivity contribution in [2.24, 2.45) is 0 Å². The molecule has 0 heterocycles. The fraction of sp³-hybridized carbons (Fsp3) is 0.867. The van der Waals surface area contributed by atoms with Gasteiger partial charge in [-0.05, 0) is 26.0 Å². The molecule has 0 spiro atoms. The van der Waals surface area contributed by atoms with Gasteiger partial charge in [0.25, 0.3) is 0 Å². The van der Waals surface area contributed by atoms with Crippen molar-refractivity contribution in [3.05, 3.63) is 11.4 Å². The molecule has 1 rings (SSSR count). The molecule has 100 valence electrons. The van der Waals surface area contributed by atoms with Crippen molar-refractivity contribution < 1.29 is 0 Å². The lowest BCUT2D eigenvalue weighted by molar-refractivity contribution is 0.404. The van der Waals surface area contributed by atoms with E-state index in [1.807, 2.05) is 0 Å². The summed E-state index contributed by atoms with van der Waals surface area (Å²) in [6.07, 6.45) is 9.42. The van der Waals surface area contributed by atoms with Crippen LogP contribution in [0.15, 0.2) is 11.4 Å². The van der Waals surface area contributed by atoms with Gasteiger partial charge in [-0.1, -0.05) is 63.4 Å². The van der Waals surface area contributed by atoms with Gasteiger partial charge in [-0.15, -0.1) is 0 Å². The second kappa shape index (κ2) is 7.25. The highest BCUT2D eigenvalue weighted by atomic mass is 28.3. The van der Waals surface area contributed by atoms with Gasteiger partial charge in [0, 0.05) is 6.04 Å². The van der Waals surface area contributed by atoms with Crippen LogP contribution in [0.2, 0.25) is 18.1 Å². The highest BCUT2D eigenvalue weighted by molar-refractivity contribution is 6.86. The summed E-state index contributed by atoms with van der Waals surface area (Å²) in [5.74, 6) is 0. The average molecular weight is 254 g/mol. The van der Waals surface area contributed by atoms with Gasteiger partial charge in [-0.2, -0.15) is 0 Å². The molecule has 1 fully saturated rings. The van der Waals surface area contributed by atoms with Gasteiger partial charge in [0.2, 0.25) is 0 Å². The van der Waals surface area contributed by atoms with Crippen LogP contribution in [-0.4, -0.2) is 14.1 Å². The van der Waals surface area contributed by atoms with Gasteiger partial charge in [-0.3, -0.25) is 0 Å². The molecule has 0 aromatic heterocycles. The van der Waals surface area contributed by atoms with Gasteiger partial charge in [0.1, 0.15) is 0 Å². The normalized spacial score (nSPS) is 19.4. The zero-order chi connectivity index (χ0) is 12.7. The summed E-state index contributed by atoms with van der Waals surface area (Å²) < 4.78 is 0. The van der Waals surface area contributed by atoms with Crippen LogP contribution in [0.1, 0.15) is 59.8 Å². The molecule has 17 heavy (non-hydrogen) atoms. The summed E-state index contributed by atoms with van der Waals surface area (Å²) in [6, 6.07) is 4.95. The summed E-state index contributed by atoms with van der Waals surface area (Å²) in [7, 11) is -1.11. The summed E-state index contributed by atoms with van der Waals surface area (Å²) in [5, 5.41) is 5.39. The Morgan fingerprint density at radius 3 is 2.06 bits per heavy atom. The molecule has 0 unspecified atom stereocenters. The fourth-order valence-electron chi connectivity index (χ4n) is 3.25. The van der Waals surface area contributed by atoms with E-state index in [0.29, 0.717) is 0 Å². The standard InChI is InChI=1S/C15H31NSi/c1-5-17(6-2,7-3)14(4)13-16-15-11-9-8-10-12-15/h13,15-16H,5-12H2,1-4H3/b14-13-. The highest BCUT2D eigenvalue weighted by Gasteiger charge is 2.28. The van der Waals surface area contributed by atoms with Gasteiger partial charge >= 0.3 is 0 Å². The Bertz CT molecular complexity index is 229. The molecule has 0 aromatic carbocycles. The molecule has 2 heteroatoms. The summed E-state index contributed by atoms with van der Waals surface area (Å²) >= 11 is 0. The van der Waals surface area contributed by atoms with Crippen molar-refractivity contribution in [3.8, 4) is 0 Å². The number of hydrogen-bond acceptors (Lipinski definition) is 1. The lowest BCUT2D eigenvalue weighted by Gasteiger charge is -2.30. The number of rotatable bonds is 6. The van der Waals surface area contributed by atoms with E-state index in [0.717, 1.165) is 6.04 Å². The Hall–Kier alpha value is -0.243. The molecular formula is C15H31NSi. The van der Waals surface area contributed by atoms with Crippen molar-refractivity contribution in [1.29, 1.82) is 0 Å². The molecule has 1 aliphatic carbocycles. The highest BCUT2D eigenvalue weighted by Crippen LogP contribution is 2.28. The van der Waals surface area contributed by atoms with E-state index in [2.05, 4.69) is 39.2 Å². The second-order valence-electron chi connectivity index (χ2n) is 5.67. The first-order valence-corrected chi connectivity index (χ1v) is 10.2. The van der Waals surface area contributed by atoms with Crippen LogP contribution < -0.4 is 5.32 Å². The molecular weight excluding hydrogens is 222 g/mol. The summed E-state index contributed by atoms with van der Waals surface area (Å²) in [6.45, 7) is 9.53. The van der Waals surface area contributed by atoms with E-state index in [1.54, 1.807) is 5.20 Å². The molecule has 1 saturated carbocycles. The quantitative estimate of drug-likeness (QED) is 0.667. The first-order valence-electron chi connectivity index (χ1n) is 7.61. The molecule has 0 aromatic rings. The smallest absolute Gasteiger partial charge is 0.0822 e. The van der Waals surface area contributed by atoms with Crippen LogP contribution in [0.25, 0.3) is 0 Å². The van der Waals surface area contributed by atoms with Crippen LogP contribution >= 0.6 is 0 Å². The Morgan fingerprint density at radius 2 is 1.59 bits per heavy atom.